The van der Waals surface area contributed by atoms with Gasteiger partial charge in [-0.15, -0.1) is 0 Å². The quantitative estimate of drug-likeness (QED) is 0.466. The number of fused-ring (bicyclic) bond motifs is 1. The molecule has 0 atom stereocenters. The number of rotatable bonds is 2. The number of carbonyl (C=O) groups is 2. The Morgan fingerprint density at radius 3 is 1.96 bits per heavy atom. The van der Waals surface area contributed by atoms with Crippen molar-refractivity contribution < 1.29 is 27.2 Å². The fraction of sp³-hybridized carbons (Fsp3) is 0.0667. The largest absolute Gasteiger partial charge is 0.446 e. The SMILES string of the molecule is O=C1c2ccccc2C(=O)N1c1ccc(SC(F)(F)F)cc1F. The van der Waals surface area contributed by atoms with Crippen LogP contribution >= 0.6 is 11.8 Å². The number of imide groups is 1. The highest BCUT2D eigenvalue weighted by atomic mass is 32.2. The van der Waals surface area contributed by atoms with Crippen LogP contribution < -0.4 is 4.90 Å². The van der Waals surface area contributed by atoms with E-state index in [1.54, 1.807) is 12.1 Å². The van der Waals surface area contributed by atoms with Gasteiger partial charge in [-0.3, -0.25) is 9.59 Å². The molecular weight excluding hydrogens is 334 g/mol. The second-order valence-corrected chi connectivity index (χ2v) is 5.79. The molecule has 0 radical (unpaired) electrons. The zero-order valence-electron chi connectivity index (χ0n) is 11.2. The van der Waals surface area contributed by atoms with Gasteiger partial charge in [-0.2, -0.15) is 13.2 Å². The van der Waals surface area contributed by atoms with Crippen LogP contribution in [0.15, 0.2) is 47.4 Å². The lowest BCUT2D eigenvalue weighted by Crippen LogP contribution is -2.30. The number of amides is 2. The van der Waals surface area contributed by atoms with Crippen LogP contribution in [-0.4, -0.2) is 17.3 Å². The van der Waals surface area contributed by atoms with Crippen LogP contribution in [0.5, 0.6) is 0 Å². The van der Waals surface area contributed by atoms with Crippen molar-refractivity contribution in [3.05, 3.63) is 59.4 Å². The molecule has 0 saturated heterocycles. The number of benzene rings is 2. The third-order valence-electron chi connectivity index (χ3n) is 3.19. The Kier molecular flexibility index (Phi) is 3.63. The zero-order chi connectivity index (χ0) is 16.8. The van der Waals surface area contributed by atoms with Crippen LogP contribution in [-0.2, 0) is 0 Å². The number of thioether (sulfide) groups is 1. The summed E-state index contributed by atoms with van der Waals surface area (Å²) in [6.07, 6.45) is 0. The molecule has 0 spiro atoms. The predicted molar refractivity (Wildman–Crippen MR) is 75.9 cm³/mol. The molecule has 3 nitrogen and oxygen atoms in total. The van der Waals surface area contributed by atoms with Gasteiger partial charge in [0.1, 0.15) is 5.82 Å². The monoisotopic (exact) mass is 341 g/mol. The molecule has 1 aliphatic rings. The molecule has 0 fully saturated rings. The molecule has 2 amide bonds. The van der Waals surface area contributed by atoms with Crippen molar-refractivity contribution in [2.75, 3.05) is 4.90 Å². The molecule has 0 saturated carbocycles. The summed E-state index contributed by atoms with van der Waals surface area (Å²) in [5.41, 5.74) is -4.66. The summed E-state index contributed by atoms with van der Waals surface area (Å²) in [7, 11) is 0. The van der Waals surface area contributed by atoms with E-state index >= 15 is 0 Å². The van der Waals surface area contributed by atoms with E-state index in [1.807, 2.05) is 0 Å². The number of carbonyl (C=O) groups excluding carboxylic acids is 2. The number of hydrogen-bond acceptors (Lipinski definition) is 3. The van der Waals surface area contributed by atoms with E-state index in [2.05, 4.69) is 0 Å². The van der Waals surface area contributed by atoms with E-state index in [0.717, 1.165) is 12.1 Å². The molecule has 118 valence electrons. The van der Waals surface area contributed by atoms with Gasteiger partial charge >= 0.3 is 5.51 Å². The second-order valence-electron chi connectivity index (χ2n) is 4.65. The third-order valence-corrected chi connectivity index (χ3v) is 3.91. The summed E-state index contributed by atoms with van der Waals surface area (Å²) in [6, 6.07) is 8.64. The van der Waals surface area contributed by atoms with Crippen molar-refractivity contribution >= 4 is 29.3 Å². The Labute approximate surface area is 131 Å². The first-order chi connectivity index (χ1) is 10.8. The molecule has 2 aromatic rings. The Morgan fingerprint density at radius 1 is 0.913 bits per heavy atom. The topological polar surface area (TPSA) is 37.4 Å². The first kappa shape index (κ1) is 15.5. The fourth-order valence-corrected chi connectivity index (χ4v) is 2.84. The van der Waals surface area contributed by atoms with Gasteiger partial charge in [0.05, 0.1) is 16.8 Å². The number of alkyl halides is 3. The van der Waals surface area contributed by atoms with Crippen LogP contribution in [0.4, 0.5) is 23.2 Å². The molecular formula is C15H7F4NO2S. The van der Waals surface area contributed by atoms with Gasteiger partial charge in [0.15, 0.2) is 0 Å². The standard InChI is InChI=1S/C15H7F4NO2S/c16-11-7-8(23-15(17,18)19)5-6-12(11)20-13(21)9-3-1-2-4-10(9)14(20)22/h1-7H. The highest BCUT2D eigenvalue weighted by molar-refractivity contribution is 8.00. The van der Waals surface area contributed by atoms with Crippen molar-refractivity contribution in [3.8, 4) is 0 Å². The minimum Gasteiger partial charge on any atom is -0.268 e. The summed E-state index contributed by atoms with van der Waals surface area (Å²) >= 11 is -0.473. The summed E-state index contributed by atoms with van der Waals surface area (Å²) in [6.45, 7) is 0. The molecule has 0 aliphatic carbocycles. The first-order valence-corrected chi connectivity index (χ1v) is 7.13. The number of nitrogens with zero attached hydrogens (tertiary/aromatic N) is 1. The maximum atomic E-state index is 14.1. The van der Waals surface area contributed by atoms with E-state index in [1.165, 1.54) is 12.1 Å². The van der Waals surface area contributed by atoms with Crippen molar-refractivity contribution in [2.45, 2.75) is 10.4 Å². The van der Waals surface area contributed by atoms with Gasteiger partial charge in [0.2, 0.25) is 0 Å². The van der Waals surface area contributed by atoms with Gasteiger partial charge in [-0.05, 0) is 42.1 Å². The van der Waals surface area contributed by atoms with Crippen LogP contribution in [0.3, 0.4) is 0 Å². The lowest BCUT2D eigenvalue weighted by Gasteiger charge is -2.15. The number of anilines is 1. The van der Waals surface area contributed by atoms with E-state index in [0.29, 0.717) is 11.0 Å². The Morgan fingerprint density at radius 2 is 1.48 bits per heavy atom. The summed E-state index contributed by atoms with van der Waals surface area (Å²) in [5.74, 6) is -2.49. The maximum Gasteiger partial charge on any atom is 0.446 e. The Hall–Kier alpha value is -2.35. The van der Waals surface area contributed by atoms with Crippen LogP contribution in [0, 0.1) is 5.82 Å². The molecule has 23 heavy (non-hydrogen) atoms. The molecule has 1 heterocycles. The van der Waals surface area contributed by atoms with E-state index in [4.69, 9.17) is 0 Å². The second kappa shape index (κ2) is 5.38. The summed E-state index contributed by atoms with van der Waals surface area (Å²) < 4.78 is 51.0. The van der Waals surface area contributed by atoms with Crippen molar-refractivity contribution in [1.29, 1.82) is 0 Å². The molecule has 0 bridgehead atoms. The molecule has 1 aliphatic heterocycles. The smallest absolute Gasteiger partial charge is 0.268 e. The molecule has 0 N–H and O–H groups in total. The van der Waals surface area contributed by atoms with Crippen molar-refractivity contribution in [3.63, 3.8) is 0 Å². The van der Waals surface area contributed by atoms with Gasteiger partial charge in [-0.1, -0.05) is 12.1 Å². The lowest BCUT2D eigenvalue weighted by atomic mass is 10.1. The Balaban J connectivity index is 1.98. The molecule has 0 aromatic heterocycles. The normalized spacial score (nSPS) is 14.3. The van der Waals surface area contributed by atoms with Crippen LogP contribution in [0.1, 0.15) is 20.7 Å². The number of halogens is 4. The molecule has 2 aromatic carbocycles. The maximum absolute atomic E-state index is 14.1. The highest BCUT2D eigenvalue weighted by Crippen LogP contribution is 2.39. The minimum absolute atomic E-state index is 0.130. The van der Waals surface area contributed by atoms with Gasteiger partial charge in [0, 0.05) is 4.90 Å². The highest BCUT2D eigenvalue weighted by Gasteiger charge is 2.38. The van der Waals surface area contributed by atoms with Crippen LogP contribution in [0.25, 0.3) is 0 Å². The van der Waals surface area contributed by atoms with E-state index in [9.17, 15) is 27.2 Å². The van der Waals surface area contributed by atoms with Crippen molar-refractivity contribution in [2.24, 2.45) is 0 Å². The summed E-state index contributed by atoms with van der Waals surface area (Å²) in [5, 5.41) is 0. The lowest BCUT2D eigenvalue weighted by molar-refractivity contribution is -0.0328. The third kappa shape index (κ3) is 2.81. The predicted octanol–water partition coefficient (Wildman–Crippen LogP) is 4.24. The van der Waals surface area contributed by atoms with Crippen LogP contribution in [0.2, 0.25) is 0 Å². The zero-order valence-corrected chi connectivity index (χ0v) is 12.0. The summed E-state index contributed by atoms with van der Waals surface area (Å²) in [4.78, 5) is 24.7. The first-order valence-electron chi connectivity index (χ1n) is 6.31. The average Bonchev–Trinajstić information content (AvgIpc) is 2.71. The molecule has 0 unspecified atom stereocenters. The van der Waals surface area contributed by atoms with Crippen molar-refractivity contribution in [1.82, 2.24) is 0 Å². The molecule has 8 heteroatoms. The van der Waals surface area contributed by atoms with E-state index in [-0.39, 0.29) is 21.7 Å². The van der Waals surface area contributed by atoms with Gasteiger partial charge < -0.3 is 0 Å². The fourth-order valence-electron chi connectivity index (χ4n) is 2.27. The van der Waals surface area contributed by atoms with Gasteiger partial charge in [-0.25, -0.2) is 9.29 Å². The average molecular weight is 341 g/mol. The Bertz CT molecular complexity index is 784. The minimum atomic E-state index is -4.55. The van der Waals surface area contributed by atoms with Gasteiger partial charge in [0.25, 0.3) is 11.8 Å². The number of hydrogen-bond donors (Lipinski definition) is 0. The molecule has 3 rings (SSSR count). The van der Waals surface area contributed by atoms with E-state index < -0.39 is 34.9 Å².